The Balaban J connectivity index is 2.98. The van der Waals surface area contributed by atoms with Crippen molar-refractivity contribution in [2.24, 2.45) is 5.41 Å². The highest BCUT2D eigenvalue weighted by molar-refractivity contribution is 5.78. The van der Waals surface area contributed by atoms with Gasteiger partial charge in [0.05, 0.1) is 18.1 Å². The van der Waals surface area contributed by atoms with Crippen LogP contribution in [0.4, 0.5) is 0 Å². The molecule has 0 unspecified atom stereocenters. The van der Waals surface area contributed by atoms with Crippen molar-refractivity contribution in [3.63, 3.8) is 0 Å². The van der Waals surface area contributed by atoms with Crippen LogP contribution >= 0.6 is 0 Å². The summed E-state index contributed by atoms with van der Waals surface area (Å²) in [5.74, 6) is -0.253. The number of aliphatic hydroxyl groups is 1. The molecule has 1 N–H and O–H groups in total. The maximum Gasteiger partial charge on any atom is 0.314 e. The molecular weight excluding hydrogens is 192 g/mol. The van der Waals surface area contributed by atoms with Crippen LogP contribution < -0.4 is 0 Å². The van der Waals surface area contributed by atoms with Gasteiger partial charge in [-0.1, -0.05) is 25.7 Å². The fraction of sp³-hybridized carbons (Fsp3) is 0.917. The van der Waals surface area contributed by atoms with Gasteiger partial charge in [0.2, 0.25) is 0 Å². The van der Waals surface area contributed by atoms with E-state index >= 15 is 0 Å². The molecule has 1 aliphatic carbocycles. The van der Waals surface area contributed by atoms with Crippen molar-refractivity contribution in [3.8, 4) is 0 Å². The third kappa shape index (κ3) is 2.33. The Morgan fingerprint density at radius 2 is 1.67 bits per heavy atom. The van der Waals surface area contributed by atoms with Gasteiger partial charge in [0.15, 0.2) is 0 Å². The third-order valence-corrected chi connectivity index (χ3v) is 3.70. The SMILES string of the molecule is COC(=O)C1(C(C)(C)O)CCCCCC1. The normalized spacial score (nSPS) is 21.9. The van der Waals surface area contributed by atoms with Crippen LogP contribution in [0.2, 0.25) is 0 Å². The van der Waals surface area contributed by atoms with Crippen molar-refractivity contribution in [1.82, 2.24) is 0 Å². The second kappa shape index (κ2) is 4.52. The summed E-state index contributed by atoms with van der Waals surface area (Å²) in [7, 11) is 1.40. The van der Waals surface area contributed by atoms with E-state index in [-0.39, 0.29) is 5.97 Å². The summed E-state index contributed by atoms with van der Waals surface area (Å²) < 4.78 is 4.88. The lowest BCUT2D eigenvalue weighted by molar-refractivity contribution is -0.171. The molecule has 0 aliphatic heterocycles. The van der Waals surface area contributed by atoms with Crippen molar-refractivity contribution in [1.29, 1.82) is 0 Å². The van der Waals surface area contributed by atoms with Gasteiger partial charge < -0.3 is 9.84 Å². The molecule has 1 saturated carbocycles. The lowest BCUT2D eigenvalue weighted by atomic mass is 9.68. The zero-order valence-electron chi connectivity index (χ0n) is 10.0. The molecule has 0 radical (unpaired) electrons. The molecule has 0 heterocycles. The predicted octanol–water partition coefficient (Wildman–Crippen LogP) is 2.27. The number of esters is 1. The van der Waals surface area contributed by atoms with Gasteiger partial charge in [-0.2, -0.15) is 0 Å². The van der Waals surface area contributed by atoms with E-state index in [4.69, 9.17) is 4.74 Å². The first kappa shape index (κ1) is 12.5. The van der Waals surface area contributed by atoms with Crippen LogP contribution in [0.1, 0.15) is 52.4 Å². The van der Waals surface area contributed by atoms with Crippen LogP contribution in [-0.4, -0.2) is 23.8 Å². The topological polar surface area (TPSA) is 46.5 Å². The van der Waals surface area contributed by atoms with E-state index in [0.717, 1.165) is 38.5 Å². The Labute approximate surface area is 91.8 Å². The zero-order valence-corrected chi connectivity index (χ0v) is 10.0. The van der Waals surface area contributed by atoms with Gasteiger partial charge in [-0.05, 0) is 26.7 Å². The Hall–Kier alpha value is -0.570. The maximum absolute atomic E-state index is 11.9. The standard InChI is InChI=1S/C12H22O3/c1-11(2,14)12(10(13)15-3)8-6-4-5-7-9-12/h14H,4-9H2,1-3H3. The first-order valence-electron chi connectivity index (χ1n) is 5.75. The van der Waals surface area contributed by atoms with E-state index in [2.05, 4.69) is 0 Å². The van der Waals surface area contributed by atoms with E-state index in [1.165, 1.54) is 7.11 Å². The maximum atomic E-state index is 11.9. The van der Waals surface area contributed by atoms with Gasteiger partial charge in [-0.25, -0.2) is 0 Å². The van der Waals surface area contributed by atoms with Crippen LogP contribution in [0.5, 0.6) is 0 Å². The molecule has 1 fully saturated rings. The van der Waals surface area contributed by atoms with Gasteiger partial charge in [0.1, 0.15) is 0 Å². The number of hydrogen-bond donors (Lipinski definition) is 1. The molecular formula is C12H22O3. The molecule has 15 heavy (non-hydrogen) atoms. The quantitative estimate of drug-likeness (QED) is 0.566. The molecule has 3 heteroatoms. The summed E-state index contributed by atoms with van der Waals surface area (Å²) in [6.45, 7) is 3.44. The van der Waals surface area contributed by atoms with E-state index in [1.54, 1.807) is 13.8 Å². The molecule has 0 atom stereocenters. The molecule has 0 spiro atoms. The van der Waals surface area contributed by atoms with Gasteiger partial charge in [-0.3, -0.25) is 4.79 Å². The smallest absolute Gasteiger partial charge is 0.314 e. The van der Waals surface area contributed by atoms with Crippen LogP contribution in [0.25, 0.3) is 0 Å². The molecule has 0 aromatic heterocycles. The summed E-state index contributed by atoms with van der Waals surface area (Å²) in [6.07, 6.45) is 5.77. The predicted molar refractivity (Wildman–Crippen MR) is 58.4 cm³/mol. The van der Waals surface area contributed by atoms with Crippen LogP contribution in [0.3, 0.4) is 0 Å². The van der Waals surface area contributed by atoms with E-state index in [0.29, 0.717) is 0 Å². The van der Waals surface area contributed by atoms with Crippen molar-refractivity contribution in [3.05, 3.63) is 0 Å². The number of methoxy groups -OCH3 is 1. The monoisotopic (exact) mass is 214 g/mol. The van der Waals surface area contributed by atoms with Crippen molar-refractivity contribution < 1.29 is 14.6 Å². The van der Waals surface area contributed by atoms with Crippen molar-refractivity contribution >= 4 is 5.97 Å². The summed E-state index contributed by atoms with van der Waals surface area (Å²) in [6, 6.07) is 0. The van der Waals surface area contributed by atoms with E-state index in [9.17, 15) is 9.90 Å². The molecule has 0 aromatic carbocycles. The Kier molecular flexibility index (Phi) is 3.77. The van der Waals surface area contributed by atoms with Crippen LogP contribution in [-0.2, 0) is 9.53 Å². The summed E-state index contributed by atoms with van der Waals surface area (Å²) in [5, 5.41) is 10.2. The third-order valence-electron chi connectivity index (χ3n) is 3.70. The fourth-order valence-electron chi connectivity index (χ4n) is 2.59. The first-order valence-corrected chi connectivity index (χ1v) is 5.75. The van der Waals surface area contributed by atoms with E-state index in [1.807, 2.05) is 0 Å². The van der Waals surface area contributed by atoms with E-state index < -0.39 is 11.0 Å². The molecule has 1 aliphatic rings. The lowest BCUT2D eigenvalue weighted by Crippen LogP contribution is -2.49. The highest BCUT2D eigenvalue weighted by Crippen LogP contribution is 2.44. The number of rotatable bonds is 2. The highest BCUT2D eigenvalue weighted by Gasteiger charge is 2.50. The largest absolute Gasteiger partial charge is 0.469 e. The number of ether oxygens (including phenoxy) is 1. The van der Waals surface area contributed by atoms with Crippen molar-refractivity contribution in [2.75, 3.05) is 7.11 Å². The Morgan fingerprint density at radius 3 is 2.00 bits per heavy atom. The Bertz CT molecular complexity index is 220. The molecule has 0 aromatic rings. The fourth-order valence-corrected chi connectivity index (χ4v) is 2.59. The summed E-state index contributed by atoms with van der Waals surface area (Å²) in [4.78, 5) is 11.9. The Morgan fingerprint density at radius 1 is 1.20 bits per heavy atom. The number of carbonyl (C=O) groups excluding carboxylic acids is 1. The molecule has 1 rings (SSSR count). The van der Waals surface area contributed by atoms with Crippen LogP contribution in [0.15, 0.2) is 0 Å². The summed E-state index contributed by atoms with van der Waals surface area (Å²) in [5.41, 5.74) is -1.69. The first-order chi connectivity index (χ1) is 6.94. The molecule has 0 amide bonds. The minimum Gasteiger partial charge on any atom is -0.469 e. The number of carbonyl (C=O) groups is 1. The van der Waals surface area contributed by atoms with Crippen LogP contribution in [0, 0.1) is 5.41 Å². The molecule has 0 bridgehead atoms. The van der Waals surface area contributed by atoms with Gasteiger partial charge in [0, 0.05) is 0 Å². The number of hydrogen-bond acceptors (Lipinski definition) is 3. The average molecular weight is 214 g/mol. The molecule has 88 valence electrons. The highest BCUT2D eigenvalue weighted by atomic mass is 16.5. The molecule has 0 saturated heterocycles. The zero-order chi connectivity index (χ0) is 11.5. The average Bonchev–Trinajstić information content (AvgIpc) is 2.41. The lowest BCUT2D eigenvalue weighted by Gasteiger charge is -2.40. The second-order valence-corrected chi connectivity index (χ2v) is 5.05. The van der Waals surface area contributed by atoms with Gasteiger partial charge in [-0.15, -0.1) is 0 Å². The second-order valence-electron chi connectivity index (χ2n) is 5.05. The van der Waals surface area contributed by atoms with Gasteiger partial charge >= 0.3 is 5.97 Å². The minimum absolute atomic E-state index is 0.253. The molecule has 3 nitrogen and oxygen atoms in total. The minimum atomic E-state index is -0.996. The van der Waals surface area contributed by atoms with Crippen molar-refractivity contribution in [2.45, 2.75) is 58.0 Å². The summed E-state index contributed by atoms with van der Waals surface area (Å²) >= 11 is 0. The van der Waals surface area contributed by atoms with Gasteiger partial charge in [0.25, 0.3) is 0 Å².